The number of benzene rings is 1. The van der Waals surface area contributed by atoms with E-state index in [9.17, 15) is 4.79 Å². The van der Waals surface area contributed by atoms with Gasteiger partial charge in [-0.05, 0) is 43.9 Å². The number of carbonyl (C=O) groups is 1. The van der Waals surface area contributed by atoms with Crippen LogP contribution < -0.4 is 5.32 Å². The molecule has 0 aromatic heterocycles. The largest absolute Gasteiger partial charge is 0.395 e. The highest BCUT2D eigenvalue weighted by Gasteiger charge is 2.21. The molecule has 1 saturated carbocycles. The van der Waals surface area contributed by atoms with Gasteiger partial charge in [0, 0.05) is 18.0 Å². The fraction of sp³-hybridized carbons (Fsp3) is 0.438. The Hall–Kier alpha value is -1.79. The maximum atomic E-state index is 12.2. The van der Waals surface area contributed by atoms with Gasteiger partial charge < -0.3 is 10.4 Å². The molecule has 0 saturated heterocycles. The van der Waals surface area contributed by atoms with E-state index in [1.165, 1.54) is 6.42 Å². The molecule has 0 aliphatic heterocycles. The summed E-state index contributed by atoms with van der Waals surface area (Å²) in [5.74, 6) is 5.81. The molecule has 1 fully saturated rings. The van der Waals surface area contributed by atoms with E-state index in [1.807, 2.05) is 25.1 Å². The number of amides is 1. The summed E-state index contributed by atoms with van der Waals surface area (Å²) in [5, 5.41) is 11.8. The lowest BCUT2D eigenvalue weighted by molar-refractivity contribution is 0.0916. The highest BCUT2D eigenvalue weighted by atomic mass is 16.2. The molecule has 0 heterocycles. The van der Waals surface area contributed by atoms with Crippen LogP contribution in [-0.4, -0.2) is 23.7 Å². The minimum atomic E-state index is -0.0435. The molecule has 1 aromatic rings. The van der Waals surface area contributed by atoms with Crippen molar-refractivity contribution in [2.45, 2.75) is 38.6 Å². The standard InChI is InChI=1S/C16H19NO2/c1-12-8-9-15(13(11-12)5-2-3-10-18)16(19)17-14-6-4-7-14/h8-9,11,14,18H,3-4,6-7,10H2,1H3,(H,17,19). The van der Waals surface area contributed by atoms with Crippen LogP contribution in [0, 0.1) is 18.8 Å². The Bertz CT molecular complexity index is 521. The number of carbonyl (C=O) groups excluding carboxylic acids is 1. The fourth-order valence-electron chi connectivity index (χ4n) is 1.99. The summed E-state index contributed by atoms with van der Waals surface area (Å²) >= 11 is 0. The van der Waals surface area contributed by atoms with Crippen molar-refractivity contribution in [2.75, 3.05) is 6.61 Å². The molecule has 100 valence electrons. The summed E-state index contributed by atoms with van der Waals surface area (Å²) in [6.07, 6.45) is 3.77. The average Bonchev–Trinajstić information content (AvgIpc) is 2.34. The lowest BCUT2D eigenvalue weighted by Gasteiger charge is -2.26. The van der Waals surface area contributed by atoms with E-state index in [0.717, 1.165) is 24.0 Å². The predicted octanol–water partition coefficient (Wildman–Crippen LogP) is 2.01. The molecular formula is C16H19NO2. The van der Waals surface area contributed by atoms with E-state index in [1.54, 1.807) is 0 Å². The number of aliphatic hydroxyl groups excluding tert-OH is 1. The Kier molecular flexibility index (Phi) is 4.59. The molecule has 1 aliphatic rings. The van der Waals surface area contributed by atoms with Crippen molar-refractivity contribution in [1.82, 2.24) is 5.32 Å². The number of nitrogens with one attached hydrogen (secondary N) is 1. The van der Waals surface area contributed by atoms with Gasteiger partial charge in [-0.1, -0.05) is 17.9 Å². The van der Waals surface area contributed by atoms with E-state index in [2.05, 4.69) is 17.2 Å². The van der Waals surface area contributed by atoms with Crippen LogP contribution in [0.5, 0.6) is 0 Å². The van der Waals surface area contributed by atoms with Crippen LogP contribution in [0.2, 0.25) is 0 Å². The first-order valence-corrected chi connectivity index (χ1v) is 6.72. The molecule has 1 aromatic carbocycles. The monoisotopic (exact) mass is 257 g/mol. The van der Waals surface area contributed by atoms with Crippen molar-refractivity contribution in [3.8, 4) is 11.8 Å². The zero-order valence-corrected chi connectivity index (χ0v) is 11.2. The maximum Gasteiger partial charge on any atom is 0.252 e. The van der Waals surface area contributed by atoms with Gasteiger partial charge in [-0.15, -0.1) is 0 Å². The molecule has 1 aliphatic carbocycles. The van der Waals surface area contributed by atoms with Crippen LogP contribution in [0.4, 0.5) is 0 Å². The molecule has 2 rings (SSSR count). The van der Waals surface area contributed by atoms with Gasteiger partial charge in [0.15, 0.2) is 0 Å². The molecular weight excluding hydrogens is 238 g/mol. The average molecular weight is 257 g/mol. The van der Waals surface area contributed by atoms with Crippen molar-refractivity contribution in [2.24, 2.45) is 0 Å². The lowest BCUT2D eigenvalue weighted by atomic mass is 9.92. The first kappa shape index (κ1) is 13.6. The van der Waals surface area contributed by atoms with Crippen molar-refractivity contribution < 1.29 is 9.90 Å². The fourth-order valence-corrected chi connectivity index (χ4v) is 1.99. The van der Waals surface area contributed by atoms with E-state index >= 15 is 0 Å². The quantitative estimate of drug-likeness (QED) is 0.814. The van der Waals surface area contributed by atoms with Crippen LogP contribution >= 0.6 is 0 Å². The van der Waals surface area contributed by atoms with Crippen molar-refractivity contribution in [3.05, 3.63) is 34.9 Å². The van der Waals surface area contributed by atoms with Gasteiger partial charge in [0.25, 0.3) is 5.91 Å². The zero-order valence-electron chi connectivity index (χ0n) is 11.2. The van der Waals surface area contributed by atoms with Gasteiger partial charge >= 0.3 is 0 Å². The van der Waals surface area contributed by atoms with Gasteiger partial charge in [-0.2, -0.15) is 0 Å². The summed E-state index contributed by atoms with van der Waals surface area (Å²) in [5.41, 5.74) is 2.45. The van der Waals surface area contributed by atoms with E-state index in [4.69, 9.17) is 5.11 Å². The third-order valence-corrected chi connectivity index (χ3v) is 3.32. The topological polar surface area (TPSA) is 49.3 Å². The van der Waals surface area contributed by atoms with Crippen molar-refractivity contribution in [3.63, 3.8) is 0 Å². The molecule has 1 amide bonds. The van der Waals surface area contributed by atoms with Crippen molar-refractivity contribution in [1.29, 1.82) is 0 Å². The maximum absolute atomic E-state index is 12.2. The number of aliphatic hydroxyl groups is 1. The Morgan fingerprint density at radius 3 is 2.89 bits per heavy atom. The highest BCUT2D eigenvalue weighted by Crippen LogP contribution is 2.19. The Morgan fingerprint density at radius 1 is 1.47 bits per heavy atom. The molecule has 0 bridgehead atoms. The molecule has 0 radical (unpaired) electrons. The normalized spacial score (nSPS) is 14.2. The van der Waals surface area contributed by atoms with E-state index in [-0.39, 0.29) is 12.5 Å². The molecule has 0 spiro atoms. The van der Waals surface area contributed by atoms with E-state index < -0.39 is 0 Å². The van der Waals surface area contributed by atoms with Gasteiger partial charge in [0.1, 0.15) is 0 Å². The first-order valence-electron chi connectivity index (χ1n) is 6.72. The number of rotatable bonds is 3. The minimum Gasteiger partial charge on any atom is -0.395 e. The van der Waals surface area contributed by atoms with Crippen LogP contribution in [0.1, 0.15) is 47.2 Å². The van der Waals surface area contributed by atoms with Crippen LogP contribution in [0.3, 0.4) is 0 Å². The van der Waals surface area contributed by atoms with Gasteiger partial charge in [-0.25, -0.2) is 0 Å². The first-order chi connectivity index (χ1) is 9.20. The number of hydrogen-bond acceptors (Lipinski definition) is 2. The van der Waals surface area contributed by atoms with E-state index in [0.29, 0.717) is 18.0 Å². The minimum absolute atomic E-state index is 0.0435. The Morgan fingerprint density at radius 2 is 2.26 bits per heavy atom. The molecule has 0 atom stereocenters. The number of hydrogen-bond donors (Lipinski definition) is 2. The summed E-state index contributed by atoms with van der Waals surface area (Å²) < 4.78 is 0. The lowest BCUT2D eigenvalue weighted by Crippen LogP contribution is -2.39. The second kappa shape index (κ2) is 6.40. The molecule has 19 heavy (non-hydrogen) atoms. The molecule has 2 N–H and O–H groups in total. The molecule has 3 heteroatoms. The van der Waals surface area contributed by atoms with Gasteiger partial charge in [-0.3, -0.25) is 4.79 Å². The number of aryl methyl sites for hydroxylation is 1. The summed E-state index contributed by atoms with van der Waals surface area (Å²) in [7, 11) is 0. The molecule has 0 unspecified atom stereocenters. The molecule has 3 nitrogen and oxygen atoms in total. The van der Waals surface area contributed by atoms with Gasteiger partial charge in [0.05, 0.1) is 12.2 Å². The second-order valence-electron chi connectivity index (χ2n) is 4.93. The summed E-state index contributed by atoms with van der Waals surface area (Å²) in [6.45, 7) is 2.02. The van der Waals surface area contributed by atoms with Gasteiger partial charge in [0.2, 0.25) is 0 Å². The van der Waals surface area contributed by atoms with Crippen LogP contribution in [0.15, 0.2) is 18.2 Å². The van der Waals surface area contributed by atoms with Crippen molar-refractivity contribution >= 4 is 5.91 Å². The third kappa shape index (κ3) is 3.59. The summed E-state index contributed by atoms with van der Waals surface area (Å²) in [6, 6.07) is 5.99. The zero-order chi connectivity index (χ0) is 13.7. The van der Waals surface area contributed by atoms with Crippen LogP contribution in [-0.2, 0) is 0 Å². The SMILES string of the molecule is Cc1ccc(C(=O)NC2CCC2)c(C#CCCO)c1. The second-order valence-corrected chi connectivity index (χ2v) is 4.93. The summed E-state index contributed by atoms with van der Waals surface area (Å²) in [4.78, 5) is 12.2. The highest BCUT2D eigenvalue weighted by molar-refractivity contribution is 5.97. The van der Waals surface area contributed by atoms with Crippen LogP contribution in [0.25, 0.3) is 0 Å². The third-order valence-electron chi connectivity index (χ3n) is 3.32. The smallest absolute Gasteiger partial charge is 0.252 e. The Balaban J connectivity index is 2.18. The Labute approximate surface area is 114 Å². The predicted molar refractivity (Wildman–Crippen MR) is 74.9 cm³/mol.